The zero-order chi connectivity index (χ0) is 28.8. The molecule has 2 aromatic heterocycles. The van der Waals surface area contributed by atoms with Gasteiger partial charge in [-0.3, -0.25) is 18.7 Å². The number of hydrogen-bond acceptors (Lipinski definition) is 2. The molecule has 7 rings (SSSR count). The summed E-state index contributed by atoms with van der Waals surface area (Å²) < 4.78 is 3.63. The van der Waals surface area contributed by atoms with Crippen molar-refractivity contribution in [1.82, 2.24) is 9.13 Å². The summed E-state index contributed by atoms with van der Waals surface area (Å²) in [5.41, 5.74) is 5.83. The molecular formula is C38H34N2O2. The van der Waals surface area contributed by atoms with Gasteiger partial charge in [0.2, 0.25) is 0 Å². The van der Waals surface area contributed by atoms with Crippen LogP contribution in [-0.4, -0.2) is 9.13 Å². The Bertz CT molecular complexity index is 2030. The molecule has 0 atom stereocenters. The maximum absolute atomic E-state index is 13.8. The maximum atomic E-state index is 13.8. The first-order chi connectivity index (χ1) is 20.6. The van der Waals surface area contributed by atoms with Gasteiger partial charge in [-0.2, -0.15) is 0 Å². The highest BCUT2D eigenvalue weighted by Gasteiger charge is 2.20. The Morgan fingerprint density at radius 1 is 0.500 bits per heavy atom. The molecule has 0 aliphatic heterocycles. The van der Waals surface area contributed by atoms with Gasteiger partial charge in [-0.05, 0) is 94.8 Å². The standard InChI is InChI=1S/C38H34N2O2/c1-3-5-9-25-13-17-27(18-14-25)39-33-21-22-34-38-32(30-12-8-7-11-29(30)31(37(33)38)23-35(39)41)24-36(42)40(34)28-19-15-26(16-20-28)10-6-4-2/h7-8,11-24H,3-6,9-10H2,1-2H3. The molecule has 0 saturated carbocycles. The van der Waals surface area contributed by atoms with E-state index in [-0.39, 0.29) is 11.1 Å². The van der Waals surface area contributed by atoms with Gasteiger partial charge in [0.25, 0.3) is 11.1 Å². The van der Waals surface area contributed by atoms with Crippen molar-refractivity contribution in [2.75, 3.05) is 0 Å². The third-order valence-electron chi connectivity index (χ3n) is 8.69. The molecule has 0 saturated heterocycles. The van der Waals surface area contributed by atoms with Crippen LogP contribution in [0.3, 0.4) is 0 Å². The Labute approximate surface area is 244 Å². The highest BCUT2D eigenvalue weighted by Crippen LogP contribution is 2.40. The van der Waals surface area contributed by atoms with E-state index < -0.39 is 0 Å². The third kappa shape index (κ3) is 4.21. The smallest absolute Gasteiger partial charge is 0.256 e. The van der Waals surface area contributed by atoms with Crippen LogP contribution in [0.4, 0.5) is 0 Å². The minimum Gasteiger partial charge on any atom is -0.277 e. The number of hydrogen-bond donors (Lipinski definition) is 0. The molecule has 4 heteroatoms. The lowest BCUT2D eigenvalue weighted by atomic mass is 9.92. The molecule has 0 spiro atoms. The second-order valence-electron chi connectivity index (χ2n) is 11.4. The van der Waals surface area contributed by atoms with Gasteiger partial charge in [0.05, 0.1) is 11.0 Å². The summed E-state index contributed by atoms with van der Waals surface area (Å²) in [6.07, 6.45) is 6.67. The van der Waals surface area contributed by atoms with Gasteiger partial charge >= 0.3 is 0 Å². The number of aryl methyl sites for hydroxylation is 2. The van der Waals surface area contributed by atoms with Gasteiger partial charge < -0.3 is 0 Å². The van der Waals surface area contributed by atoms with Crippen molar-refractivity contribution in [3.8, 4) is 11.4 Å². The quantitative estimate of drug-likeness (QED) is 0.140. The Balaban J connectivity index is 1.54. The van der Waals surface area contributed by atoms with E-state index >= 15 is 0 Å². The fourth-order valence-corrected chi connectivity index (χ4v) is 6.55. The Morgan fingerprint density at radius 2 is 0.905 bits per heavy atom. The monoisotopic (exact) mass is 550 g/mol. The number of nitrogens with zero attached hydrogens (tertiary/aromatic N) is 2. The van der Waals surface area contributed by atoms with Crippen molar-refractivity contribution in [3.63, 3.8) is 0 Å². The molecule has 0 radical (unpaired) electrons. The van der Waals surface area contributed by atoms with Gasteiger partial charge in [0, 0.05) is 34.3 Å². The topological polar surface area (TPSA) is 44.0 Å². The van der Waals surface area contributed by atoms with Gasteiger partial charge in [-0.1, -0.05) is 75.2 Å². The number of rotatable bonds is 8. The van der Waals surface area contributed by atoms with Gasteiger partial charge in [-0.15, -0.1) is 0 Å². The molecule has 0 N–H and O–H groups in total. The predicted octanol–water partition coefficient (Wildman–Crippen LogP) is 8.72. The van der Waals surface area contributed by atoms with Crippen molar-refractivity contribution in [2.45, 2.75) is 52.4 Å². The van der Waals surface area contributed by atoms with Crippen molar-refractivity contribution in [1.29, 1.82) is 0 Å². The first kappa shape index (κ1) is 26.2. The van der Waals surface area contributed by atoms with Crippen LogP contribution in [0.1, 0.15) is 50.7 Å². The number of unbranched alkanes of at least 4 members (excludes halogenated alkanes) is 2. The number of fused-ring (bicyclic) bond motifs is 3. The lowest BCUT2D eigenvalue weighted by Gasteiger charge is -2.20. The molecule has 0 fully saturated rings. The van der Waals surface area contributed by atoms with Crippen LogP contribution in [0.15, 0.2) is 107 Å². The molecule has 0 amide bonds. The summed E-state index contributed by atoms with van der Waals surface area (Å²) in [4.78, 5) is 27.6. The second-order valence-corrected chi connectivity index (χ2v) is 11.4. The van der Waals surface area contributed by atoms with Crippen LogP contribution in [0.25, 0.3) is 54.7 Å². The summed E-state index contributed by atoms with van der Waals surface area (Å²) in [5.74, 6) is 0. The summed E-state index contributed by atoms with van der Waals surface area (Å²) in [6.45, 7) is 4.40. The molecule has 208 valence electrons. The average Bonchev–Trinajstić information content (AvgIpc) is 3.02. The lowest BCUT2D eigenvalue weighted by Crippen LogP contribution is -2.20. The van der Waals surface area contributed by atoms with E-state index in [1.54, 1.807) is 12.1 Å². The highest BCUT2D eigenvalue weighted by molar-refractivity contribution is 6.32. The molecule has 2 heterocycles. The summed E-state index contributed by atoms with van der Waals surface area (Å²) in [5, 5.41) is 5.81. The van der Waals surface area contributed by atoms with Crippen LogP contribution < -0.4 is 11.1 Å². The fraction of sp³-hybridized carbons (Fsp3) is 0.211. The lowest BCUT2D eigenvalue weighted by molar-refractivity contribution is 0.795. The van der Waals surface area contributed by atoms with E-state index in [0.717, 1.165) is 93.3 Å². The van der Waals surface area contributed by atoms with E-state index in [9.17, 15) is 9.59 Å². The summed E-state index contributed by atoms with van der Waals surface area (Å²) in [7, 11) is 0. The van der Waals surface area contributed by atoms with Crippen LogP contribution in [0, 0.1) is 0 Å². The Kier molecular flexibility index (Phi) is 6.62. The number of aromatic nitrogens is 2. The van der Waals surface area contributed by atoms with E-state index in [2.05, 4.69) is 74.5 Å². The highest BCUT2D eigenvalue weighted by atomic mass is 16.1. The van der Waals surface area contributed by atoms with Gasteiger partial charge in [0.15, 0.2) is 0 Å². The fourth-order valence-electron chi connectivity index (χ4n) is 6.55. The average molecular weight is 551 g/mol. The van der Waals surface area contributed by atoms with E-state index in [0.29, 0.717) is 0 Å². The minimum atomic E-state index is -0.0626. The maximum Gasteiger partial charge on any atom is 0.256 e. The first-order valence-corrected chi connectivity index (χ1v) is 15.2. The predicted molar refractivity (Wildman–Crippen MR) is 176 cm³/mol. The third-order valence-corrected chi connectivity index (χ3v) is 8.69. The second kappa shape index (κ2) is 10.6. The van der Waals surface area contributed by atoms with Crippen molar-refractivity contribution < 1.29 is 0 Å². The summed E-state index contributed by atoms with van der Waals surface area (Å²) in [6, 6.07) is 32.4. The SMILES string of the molecule is CCCCc1ccc(-n2c(=O)cc3c4ccccc4c4cc(=O)n(-c5ccc(CCCC)cc5)c5ccc2c3c45)cc1. The van der Waals surface area contributed by atoms with Gasteiger partial charge in [-0.25, -0.2) is 0 Å². The largest absolute Gasteiger partial charge is 0.277 e. The molecule has 0 aliphatic rings. The van der Waals surface area contributed by atoms with Crippen LogP contribution in [-0.2, 0) is 12.8 Å². The molecule has 7 aromatic rings. The molecule has 0 aliphatic carbocycles. The van der Waals surface area contributed by atoms with Gasteiger partial charge in [0.1, 0.15) is 0 Å². The van der Waals surface area contributed by atoms with Crippen molar-refractivity contribution in [3.05, 3.63) is 129 Å². The Morgan fingerprint density at radius 3 is 1.29 bits per heavy atom. The van der Waals surface area contributed by atoms with E-state index in [1.807, 2.05) is 33.4 Å². The zero-order valence-corrected chi connectivity index (χ0v) is 24.2. The normalized spacial score (nSPS) is 11.9. The summed E-state index contributed by atoms with van der Waals surface area (Å²) >= 11 is 0. The minimum absolute atomic E-state index is 0.0626. The molecule has 4 nitrogen and oxygen atoms in total. The Hall–Kier alpha value is -4.70. The van der Waals surface area contributed by atoms with Crippen LogP contribution >= 0.6 is 0 Å². The van der Waals surface area contributed by atoms with E-state index in [4.69, 9.17) is 0 Å². The van der Waals surface area contributed by atoms with Crippen LogP contribution in [0.5, 0.6) is 0 Å². The number of benzene rings is 5. The van der Waals surface area contributed by atoms with Crippen molar-refractivity contribution in [2.24, 2.45) is 0 Å². The molecule has 42 heavy (non-hydrogen) atoms. The zero-order valence-electron chi connectivity index (χ0n) is 24.2. The molecule has 0 unspecified atom stereocenters. The van der Waals surface area contributed by atoms with E-state index in [1.165, 1.54) is 11.1 Å². The molecule has 0 bridgehead atoms. The number of pyridine rings is 2. The molecular weight excluding hydrogens is 516 g/mol. The van der Waals surface area contributed by atoms with Crippen LogP contribution in [0.2, 0.25) is 0 Å². The first-order valence-electron chi connectivity index (χ1n) is 15.2. The molecule has 5 aromatic carbocycles. The van der Waals surface area contributed by atoms with Crippen molar-refractivity contribution >= 4 is 43.4 Å².